The Hall–Kier alpha value is -2.60. The molecule has 3 aromatic rings. The summed E-state index contributed by atoms with van der Waals surface area (Å²) in [6.07, 6.45) is 6.74. The molecule has 2 aromatic heterocycles. The number of fused-ring (bicyclic) bond motifs is 2. The van der Waals surface area contributed by atoms with Gasteiger partial charge in [0.15, 0.2) is 5.69 Å². The van der Waals surface area contributed by atoms with Gasteiger partial charge in [-0.25, -0.2) is 4.98 Å². The quantitative estimate of drug-likeness (QED) is 0.677. The Bertz CT molecular complexity index is 868. The van der Waals surface area contributed by atoms with E-state index in [2.05, 4.69) is 29.3 Å². The lowest BCUT2D eigenvalue weighted by Crippen LogP contribution is -2.02. The van der Waals surface area contributed by atoms with Gasteiger partial charge in [-0.15, -0.1) is 0 Å². The lowest BCUT2D eigenvalue weighted by atomic mass is 9.90. The van der Waals surface area contributed by atoms with Gasteiger partial charge < -0.3 is 0 Å². The second-order valence-corrected chi connectivity index (χ2v) is 5.54. The van der Waals surface area contributed by atoms with Crippen LogP contribution in [0.4, 0.5) is 0 Å². The van der Waals surface area contributed by atoms with Crippen LogP contribution in [-0.2, 0) is 12.8 Å². The average Bonchev–Trinajstić information content (AvgIpc) is 2.93. The number of hydrogen-bond acceptors (Lipinski definition) is 2. The van der Waals surface area contributed by atoms with Crippen LogP contribution in [0.2, 0.25) is 0 Å². The molecule has 0 aliphatic heterocycles. The predicted molar refractivity (Wildman–Crippen MR) is 82.0 cm³/mol. The molecule has 0 N–H and O–H groups in total. The molecule has 1 aromatic carbocycles. The fourth-order valence-corrected chi connectivity index (χ4v) is 3.18. The molecule has 0 amide bonds. The number of nitriles is 1. The molecule has 0 saturated carbocycles. The zero-order valence-corrected chi connectivity index (χ0v) is 11.7. The molecule has 3 nitrogen and oxygen atoms in total. The Labute approximate surface area is 123 Å². The molecule has 0 fully saturated rings. The van der Waals surface area contributed by atoms with E-state index in [-0.39, 0.29) is 0 Å². The summed E-state index contributed by atoms with van der Waals surface area (Å²) in [4.78, 5) is 4.64. The summed E-state index contributed by atoms with van der Waals surface area (Å²) in [5.41, 5.74) is 6.14. The molecule has 4 rings (SSSR count). The Kier molecular flexibility index (Phi) is 2.75. The minimum atomic E-state index is 0.612. The molecule has 3 heteroatoms. The third kappa shape index (κ3) is 1.92. The Morgan fingerprint density at radius 3 is 2.76 bits per heavy atom. The first-order chi connectivity index (χ1) is 10.4. The van der Waals surface area contributed by atoms with E-state index in [9.17, 15) is 5.26 Å². The molecule has 1 aliphatic carbocycles. The third-order valence-electron chi connectivity index (χ3n) is 4.26. The molecule has 0 saturated heterocycles. The van der Waals surface area contributed by atoms with Crippen molar-refractivity contribution in [2.45, 2.75) is 25.7 Å². The SMILES string of the molecule is N#Cc1c(-c2ccc3c(c2)CCCC3)nc2ccccn12. The van der Waals surface area contributed by atoms with Crippen LogP contribution in [0.3, 0.4) is 0 Å². The van der Waals surface area contributed by atoms with Gasteiger partial charge in [-0.05, 0) is 55.0 Å². The fourth-order valence-electron chi connectivity index (χ4n) is 3.18. The molecule has 0 atom stereocenters. The van der Waals surface area contributed by atoms with Crippen LogP contribution in [0.1, 0.15) is 29.7 Å². The van der Waals surface area contributed by atoms with Crippen molar-refractivity contribution in [3.05, 3.63) is 59.4 Å². The third-order valence-corrected chi connectivity index (χ3v) is 4.26. The predicted octanol–water partition coefficient (Wildman–Crippen LogP) is 3.75. The monoisotopic (exact) mass is 273 g/mol. The van der Waals surface area contributed by atoms with Crippen LogP contribution < -0.4 is 0 Å². The van der Waals surface area contributed by atoms with E-state index in [1.165, 1.54) is 30.4 Å². The first kappa shape index (κ1) is 12.2. The highest BCUT2D eigenvalue weighted by atomic mass is 15.0. The normalized spacial score (nSPS) is 13.9. The Morgan fingerprint density at radius 1 is 1.05 bits per heavy atom. The fraction of sp³-hybridized carbons (Fsp3) is 0.222. The van der Waals surface area contributed by atoms with Gasteiger partial charge in [0.05, 0.1) is 0 Å². The Morgan fingerprint density at radius 2 is 1.90 bits per heavy atom. The van der Waals surface area contributed by atoms with Crippen molar-refractivity contribution in [1.82, 2.24) is 9.38 Å². The highest BCUT2D eigenvalue weighted by Crippen LogP contribution is 2.29. The number of pyridine rings is 1. The highest BCUT2D eigenvalue weighted by molar-refractivity contribution is 5.70. The maximum Gasteiger partial charge on any atom is 0.152 e. The second-order valence-electron chi connectivity index (χ2n) is 5.54. The first-order valence-corrected chi connectivity index (χ1v) is 7.36. The topological polar surface area (TPSA) is 41.1 Å². The maximum absolute atomic E-state index is 9.49. The van der Waals surface area contributed by atoms with E-state index in [4.69, 9.17) is 0 Å². The first-order valence-electron chi connectivity index (χ1n) is 7.36. The van der Waals surface area contributed by atoms with Gasteiger partial charge in [-0.1, -0.05) is 18.2 Å². The molecule has 0 spiro atoms. The molecule has 0 bridgehead atoms. The highest BCUT2D eigenvalue weighted by Gasteiger charge is 2.16. The van der Waals surface area contributed by atoms with Crippen molar-refractivity contribution in [1.29, 1.82) is 5.26 Å². The standard InChI is InChI=1S/C18H15N3/c19-12-16-18(20-17-7-3-4-10-21(16)17)15-9-8-13-5-1-2-6-14(13)11-15/h3-4,7-11H,1-2,5-6H2. The largest absolute Gasteiger partial charge is 0.291 e. The zero-order chi connectivity index (χ0) is 14.2. The lowest BCUT2D eigenvalue weighted by Gasteiger charge is -2.16. The number of benzene rings is 1. The van der Waals surface area contributed by atoms with Crippen LogP contribution >= 0.6 is 0 Å². The number of hydrogen-bond donors (Lipinski definition) is 0. The zero-order valence-electron chi connectivity index (χ0n) is 11.7. The molecular weight excluding hydrogens is 258 g/mol. The average molecular weight is 273 g/mol. The van der Waals surface area contributed by atoms with Gasteiger partial charge in [0.1, 0.15) is 17.4 Å². The van der Waals surface area contributed by atoms with Crippen molar-refractivity contribution >= 4 is 5.65 Å². The Balaban J connectivity index is 1.92. The van der Waals surface area contributed by atoms with Gasteiger partial charge >= 0.3 is 0 Å². The van der Waals surface area contributed by atoms with Gasteiger partial charge in [-0.3, -0.25) is 4.40 Å². The summed E-state index contributed by atoms with van der Waals surface area (Å²) in [6.45, 7) is 0. The van der Waals surface area contributed by atoms with Crippen molar-refractivity contribution in [3.8, 4) is 17.3 Å². The number of aromatic nitrogens is 2. The number of rotatable bonds is 1. The molecule has 1 aliphatic rings. The van der Waals surface area contributed by atoms with Crippen molar-refractivity contribution in [3.63, 3.8) is 0 Å². The van der Waals surface area contributed by atoms with Gasteiger partial charge in [0, 0.05) is 11.8 Å². The molecule has 102 valence electrons. The van der Waals surface area contributed by atoms with E-state index in [1.54, 1.807) is 0 Å². The summed E-state index contributed by atoms with van der Waals surface area (Å²) in [7, 11) is 0. The van der Waals surface area contributed by atoms with Crippen LogP contribution in [-0.4, -0.2) is 9.38 Å². The van der Waals surface area contributed by atoms with Crippen LogP contribution in [0.25, 0.3) is 16.9 Å². The summed E-state index contributed by atoms with van der Waals surface area (Å²) in [5.74, 6) is 0. The van der Waals surface area contributed by atoms with Gasteiger partial charge in [0.2, 0.25) is 0 Å². The lowest BCUT2D eigenvalue weighted by molar-refractivity contribution is 0.686. The van der Waals surface area contributed by atoms with Crippen molar-refractivity contribution in [2.24, 2.45) is 0 Å². The van der Waals surface area contributed by atoms with E-state index >= 15 is 0 Å². The number of aryl methyl sites for hydroxylation is 2. The van der Waals surface area contributed by atoms with E-state index in [1.807, 2.05) is 28.8 Å². The van der Waals surface area contributed by atoms with Crippen molar-refractivity contribution in [2.75, 3.05) is 0 Å². The summed E-state index contributed by atoms with van der Waals surface area (Å²) in [5, 5.41) is 9.49. The van der Waals surface area contributed by atoms with Crippen molar-refractivity contribution < 1.29 is 0 Å². The van der Waals surface area contributed by atoms with E-state index < -0.39 is 0 Å². The minimum Gasteiger partial charge on any atom is -0.291 e. The molecule has 2 heterocycles. The van der Waals surface area contributed by atoms with Crippen LogP contribution in [0, 0.1) is 11.3 Å². The summed E-state index contributed by atoms with van der Waals surface area (Å²) >= 11 is 0. The number of imidazole rings is 1. The maximum atomic E-state index is 9.49. The van der Waals surface area contributed by atoms with Gasteiger partial charge in [0.25, 0.3) is 0 Å². The molecule has 21 heavy (non-hydrogen) atoms. The molecule has 0 radical (unpaired) electrons. The van der Waals surface area contributed by atoms with Gasteiger partial charge in [-0.2, -0.15) is 5.26 Å². The van der Waals surface area contributed by atoms with Crippen LogP contribution in [0.15, 0.2) is 42.6 Å². The molecule has 0 unspecified atom stereocenters. The van der Waals surface area contributed by atoms with Crippen LogP contribution in [0.5, 0.6) is 0 Å². The summed E-state index contributed by atoms with van der Waals surface area (Å²) < 4.78 is 1.86. The summed E-state index contributed by atoms with van der Waals surface area (Å²) in [6, 6.07) is 14.6. The van der Waals surface area contributed by atoms with E-state index in [0.29, 0.717) is 5.69 Å². The second kappa shape index (κ2) is 4.75. The minimum absolute atomic E-state index is 0.612. The van der Waals surface area contributed by atoms with E-state index in [0.717, 1.165) is 23.3 Å². The smallest absolute Gasteiger partial charge is 0.152 e. The number of nitrogens with zero attached hydrogens (tertiary/aromatic N) is 3. The molecular formula is C18H15N3.